The summed E-state index contributed by atoms with van der Waals surface area (Å²) < 4.78 is 0. The Morgan fingerprint density at radius 2 is 1.80 bits per heavy atom. The summed E-state index contributed by atoms with van der Waals surface area (Å²) in [6.45, 7) is 0.599. The molecule has 1 unspecified atom stereocenters. The first-order chi connectivity index (χ1) is 9.59. The van der Waals surface area contributed by atoms with E-state index in [4.69, 9.17) is 5.11 Å². The lowest BCUT2D eigenvalue weighted by Gasteiger charge is -2.25. The van der Waals surface area contributed by atoms with Crippen molar-refractivity contribution in [3.8, 4) is 0 Å². The summed E-state index contributed by atoms with van der Waals surface area (Å²) in [6, 6.07) is 6.38. The van der Waals surface area contributed by atoms with Gasteiger partial charge in [-0.25, -0.2) is 4.79 Å². The molecule has 1 atom stereocenters. The molecule has 6 nitrogen and oxygen atoms in total. The van der Waals surface area contributed by atoms with Crippen molar-refractivity contribution in [1.29, 1.82) is 0 Å². The summed E-state index contributed by atoms with van der Waals surface area (Å²) in [6.07, 6.45) is 0.448. The summed E-state index contributed by atoms with van der Waals surface area (Å²) in [5, 5.41) is 9.10. The minimum atomic E-state index is -0.996. The van der Waals surface area contributed by atoms with Gasteiger partial charge in [-0.15, -0.1) is 0 Å². The maximum Gasteiger partial charge on any atom is 0.407 e. The molecule has 2 heterocycles. The van der Waals surface area contributed by atoms with E-state index in [1.54, 1.807) is 24.3 Å². The van der Waals surface area contributed by atoms with Crippen LogP contribution in [0.4, 0.5) is 4.79 Å². The molecule has 0 aliphatic carbocycles. The Balaban J connectivity index is 1.82. The van der Waals surface area contributed by atoms with Crippen LogP contribution < -0.4 is 0 Å². The van der Waals surface area contributed by atoms with Crippen LogP contribution in [0.15, 0.2) is 24.3 Å². The van der Waals surface area contributed by atoms with Gasteiger partial charge in [0, 0.05) is 13.1 Å². The molecule has 0 aromatic heterocycles. The molecule has 0 saturated carbocycles. The zero-order valence-corrected chi connectivity index (χ0v) is 10.8. The van der Waals surface area contributed by atoms with E-state index >= 15 is 0 Å². The van der Waals surface area contributed by atoms with Gasteiger partial charge in [0.15, 0.2) is 0 Å². The number of carbonyl (C=O) groups is 3. The molecular weight excluding hydrogens is 260 g/mol. The van der Waals surface area contributed by atoms with Gasteiger partial charge >= 0.3 is 6.09 Å². The monoisotopic (exact) mass is 274 g/mol. The largest absolute Gasteiger partial charge is 0.465 e. The number of carbonyl (C=O) groups excluding carboxylic acids is 2. The van der Waals surface area contributed by atoms with Gasteiger partial charge in [-0.3, -0.25) is 14.5 Å². The van der Waals surface area contributed by atoms with Crippen molar-refractivity contribution in [2.75, 3.05) is 13.1 Å². The molecule has 1 aromatic rings. The van der Waals surface area contributed by atoms with Crippen LogP contribution in [0.2, 0.25) is 0 Å². The number of likely N-dealkylation sites (tertiary alicyclic amines) is 1. The molecule has 1 fully saturated rings. The Bertz CT molecular complexity index is 564. The summed E-state index contributed by atoms with van der Waals surface area (Å²) in [5.41, 5.74) is 0.801. The van der Waals surface area contributed by atoms with Crippen molar-refractivity contribution in [2.24, 2.45) is 0 Å². The van der Waals surface area contributed by atoms with Gasteiger partial charge in [-0.2, -0.15) is 0 Å². The lowest BCUT2D eigenvalue weighted by Crippen LogP contribution is -2.44. The Kier molecular flexibility index (Phi) is 2.93. The van der Waals surface area contributed by atoms with E-state index in [2.05, 4.69) is 0 Å². The van der Waals surface area contributed by atoms with Crippen LogP contribution in [0, 0.1) is 0 Å². The second-order valence-electron chi connectivity index (χ2n) is 5.04. The van der Waals surface area contributed by atoms with E-state index in [1.807, 2.05) is 0 Å². The molecular formula is C14H14N2O4. The quantitative estimate of drug-likeness (QED) is 0.827. The number of fused-ring (bicyclic) bond motifs is 1. The second-order valence-corrected chi connectivity index (χ2v) is 5.04. The van der Waals surface area contributed by atoms with Crippen LogP contribution >= 0.6 is 0 Å². The Labute approximate surface area is 115 Å². The molecule has 6 heteroatoms. The molecule has 104 valence electrons. The van der Waals surface area contributed by atoms with Crippen molar-refractivity contribution in [2.45, 2.75) is 18.9 Å². The van der Waals surface area contributed by atoms with Crippen LogP contribution in [-0.2, 0) is 0 Å². The van der Waals surface area contributed by atoms with Gasteiger partial charge in [0.1, 0.15) is 0 Å². The highest BCUT2D eigenvalue weighted by atomic mass is 16.4. The lowest BCUT2D eigenvalue weighted by molar-refractivity contribution is 0.0603. The molecule has 1 aromatic carbocycles. The van der Waals surface area contributed by atoms with Crippen molar-refractivity contribution in [3.05, 3.63) is 35.4 Å². The number of hydrogen-bond acceptors (Lipinski definition) is 3. The van der Waals surface area contributed by atoms with Crippen molar-refractivity contribution >= 4 is 17.9 Å². The summed E-state index contributed by atoms with van der Waals surface area (Å²) in [7, 11) is 0. The van der Waals surface area contributed by atoms with Crippen LogP contribution in [0.25, 0.3) is 0 Å². The number of nitrogens with zero attached hydrogens (tertiary/aromatic N) is 2. The van der Waals surface area contributed by atoms with E-state index in [1.165, 1.54) is 4.90 Å². The molecule has 0 spiro atoms. The molecule has 3 amide bonds. The average molecular weight is 274 g/mol. The van der Waals surface area contributed by atoms with E-state index in [0.717, 1.165) is 11.3 Å². The topological polar surface area (TPSA) is 77.9 Å². The third kappa shape index (κ3) is 1.84. The Hall–Kier alpha value is -2.37. The van der Waals surface area contributed by atoms with Gasteiger partial charge in [0.25, 0.3) is 11.8 Å². The van der Waals surface area contributed by atoms with Crippen molar-refractivity contribution in [1.82, 2.24) is 9.80 Å². The van der Waals surface area contributed by atoms with E-state index in [9.17, 15) is 14.4 Å². The highest BCUT2D eigenvalue weighted by Gasteiger charge is 2.39. The highest BCUT2D eigenvalue weighted by molar-refractivity contribution is 6.21. The zero-order chi connectivity index (χ0) is 14.3. The minimum absolute atomic E-state index is 0.138. The number of imide groups is 1. The molecule has 2 aliphatic heterocycles. The standard InChI is InChI=1S/C14H14N2O4/c17-12-10-5-1-2-6-11(10)13(18)16(12)8-9-4-3-7-15(9)14(19)20/h1-2,5-6,9H,3-4,7-8H2,(H,19,20). The van der Waals surface area contributed by atoms with Crippen molar-refractivity contribution in [3.63, 3.8) is 0 Å². The normalized spacial score (nSPS) is 21.5. The van der Waals surface area contributed by atoms with E-state index < -0.39 is 6.09 Å². The molecule has 3 rings (SSSR count). The first-order valence-electron chi connectivity index (χ1n) is 6.54. The third-order valence-electron chi connectivity index (χ3n) is 3.89. The van der Waals surface area contributed by atoms with E-state index in [0.29, 0.717) is 24.1 Å². The highest BCUT2D eigenvalue weighted by Crippen LogP contribution is 2.25. The fourth-order valence-corrected chi connectivity index (χ4v) is 2.89. The average Bonchev–Trinajstić information content (AvgIpc) is 2.99. The summed E-state index contributed by atoms with van der Waals surface area (Å²) in [5.74, 6) is -0.661. The predicted octanol–water partition coefficient (Wildman–Crippen LogP) is 1.43. The third-order valence-corrected chi connectivity index (χ3v) is 3.89. The fourth-order valence-electron chi connectivity index (χ4n) is 2.89. The maximum absolute atomic E-state index is 12.2. The van der Waals surface area contributed by atoms with E-state index in [-0.39, 0.29) is 24.4 Å². The van der Waals surface area contributed by atoms with Crippen LogP contribution in [0.5, 0.6) is 0 Å². The molecule has 20 heavy (non-hydrogen) atoms. The smallest absolute Gasteiger partial charge is 0.407 e. The van der Waals surface area contributed by atoms with Crippen molar-refractivity contribution < 1.29 is 19.5 Å². The molecule has 1 saturated heterocycles. The number of carboxylic acid groups (broad SMARTS) is 1. The molecule has 1 N–H and O–H groups in total. The van der Waals surface area contributed by atoms with Gasteiger partial charge in [-0.05, 0) is 25.0 Å². The molecule has 0 radical (unpaired) electrons. The van der Waals surface area contributed by atoms with Crippen LogP contribution in [0.1, 0.15) is 33.6 Å². The molecule has 2 aliphatic rings. The Morgan fingerprint density at radius 3 is 2.35 bits per heavy atom. The number of rotatable bonds is 2. The summed E-state index contributed by atoms with van der Waals surface area (Å²) in [4.78, 5) is 38.0. The second kappa shape index (κ2) is 4.63. The number of amides is 3. The zero-order valence-electron chi connectivity index (χ0n) is 10.8. The SMILES string of the molecule is O=C1c2ccccc2C(=O)N1CC1CCCN1C(=O)O. The minimum Gasteiger partial charge on any atom is -0.465 e. The lowest BCUT2D eigenvalue weighted by atomic mass is 10.1. The van der Waals surface area contributed by atoms with Gasteiger partial charge in [0.2, 0.25) is 0 Å². The number of hydrogen-bond donors (Lipinski definition) is 1. The predicted molar refractivity (Wildman–Crippen MR) is 69.6 cm³/mol. The summed E-state index contributed by atoms with van der Waals surface area (Å²) >= 11 is 0. The number of benzene rings is 1. The van der Waals surface area contributed by atoms with Gasteiger partial charge in [0.05, 0.1) is 17.2 Å². The van der Waals surface area contributed by atoms with Crippen LogP contribution in [0.3, 0.4) is 0 Å². The van der Waals surface area contributed by atoms with Gasteiger partial charge < -0.3 is 10.0 Å². The van der Waals surface area contributed by atoms with Gasteiger partial charge in [-0.1, -0.05) is 12.1 Å². The Morgan fingerprint density at radius 1 is 1.20 bits per heavy atom. The maximum atomic E-state index is 12.2. The fraction of sp³-hybridized carbons (Fsp3) is 0.357. The first-order valence-corrected chi connectivity index (χ1v) is 6.54. The first kappa shape index (κ1) is 12.7. The van der Waals surface area contributed by atoms with Crippen LogP contribution in [-0.4, -0.2) is 51.9 Å². The molecule has 0 bridgehead atoms.